The van der Waals surface area contributed by atoms with E-state index in [9.17, 15) is 9.18 Å². The van der Waals surface area contributed by atoms with Crippen molar-refractivity contribution in [2.45, 2.75) is 32.2 Å². The average Bonchev–Trinajstić information content (AvgIpc) is 3.20. The summed E-state index contributed by atoms with van der Waals surface area (Å²) in [6, 6.07) is 4.52. The first kappa shape index (κ1) is 12.9. The zero-order chi connectivity index (χ0) is 13.1. The third-order valence-corrected chi connectivity index (χ3v) is 3.36. The molecular formula is C14H18FNO2. The summed E-state index contributed by atoms with van der Waals surface area (Å²) in [7, 11) is 1.30. The second-order valence-corrected chi connectivity index (χ2v) is 4.68. The van der Waals surface area contributed by atoms with Crippen LogP contribution in [0.4, 0.5) is 10.1 Å². The minimum Gasteiger partial charge on any atom is -0.465 e. The monoisotopic (exact) mass is 251 g/mol. The fraction of sp³-hybridized carbons (Fsp3) is 0.500. The molecule has 1 aromatic carbocycles. The van der Waals surface area contributed by atoms with E-state index in [4.69, 9.17) is 0 Å². The number of hydrogen-bond acceptors (Lipinski definition) is 3. The van der Waals surface area contributed by atoms with Gasteiger partial charge in [-0.15, -0.1) is 0 Å². The van der Waals surface area contributed by atoms with E-state index in [2.05, 4.69) is 17.0 Å². The van der Waals surface area contributed by atoms with Crippen LogP contribution in [0.3, 0.4) is 0 Å². The average molecular weight is 251 g/mol. The van der Waals surface area contributed by atoms with Crippen LogP contribution < -0.4 is 5.32 Å². The smallest absolute Gasteiger partial charge is 0.340 e. The lowest BCUT2D eigenvalue weighted by Crippen LogP contribution is -2.22. The van der Waals surface area contributed by atoms with E-state index in [0.29, 0.717) is 17.6 Å². The van der Waals surface area contributed by atoms with Crippen molar-refractivity contribution in [1.29, 1.82) is 0 Å². The highest BCUT2D eigenvalue weighted by Gasteiger charge is 2.30. The van der Waals surface area contributed by atoms with Gasteiger partial charge in [-0.1, -0.05) is 6.92 Å². The Morgan fingerprint density at radius 3 is 2.83 bits per heavy atom. The maximum atomic E-state index is 13.2. The lowest BCUT2D eigenvalue weighted by Gasteiger charge is -2.19. The first-order valence-electron chi connectivity index (χ1n) is 6.30. The maximum absolute atomic E-state index is 13.2. The van der Waals surface area contributed by atoms with E-state index in [1.807, 2.05) is 0 Å². The van der Waals surface area contributed by atoms with E-state index in [-0.39, 0.29) is 5.56 Å². The Bertz CT molecular complexity index is 443. The fourth-order valence-electron chi connectivity index (χ4n) is 2.17. The Labute approximate surface area is 106 Å². The van der Waals surface area contributed by atoms with Gasteiger partial charge in [-0.05, 0) is 43.4 Å². The van der Waals surface area contributed by atoms with E-state index in [0.717, 1.165) is 6.42 Å². The van der Waals surface area contributed by atoms with Gasteiger partial charge in [0.1, 0.15) is 5.82 Å². The molecule has 1 fully saturated rings. The van der Waals surface area contributed by atoms with Crippen LogP contribution in [0.5, 0.6) is 0 Å². The van der Waals surface area contributed by atoms with Gasteiger partial charge < -0.3 is 10.1 Å². The number of ether oxygens (including phenoxy) is 1. The normalized spacial score (nSPS) is 16.2. The molecule has 0 amide bonds. The quantitative estimate of drug-likeness (QED) is 0.817. The van der Waals surface area contributed by atoms with Gasteiger partial charge >= 0.3 is 5.97 Å². The predicted octanol–water partition coefficient (Wildman–Crippen LogP) is 3.21. The molecule has 18 heavy (non-hydrogen) atoms. The molecule has 0 bridgehead atoms. The number of benzene rings is 1. The number of carbonyl (C=O) groups excluding carboxylic acids is 1. The van der Waals surface area contributed by atoms with Gasteiger partial charge in [0.2, 0.25) is 0 Å². The maximum Gasteiger partial charge on any atom is 0.340 e. The van der Waals surface area contributed by atoms with Crippen LogP contribution in [0.1, 0.15) is 36.5 Å². The van der Waals surface area contributed by atoms with Crippen LogP contribution in [0.15, 0.2) is 18.2 Å². The third-order valence-electron chi connectivity index (χ3n) is 3.36. The lowest BCUT2D eigenvalue weighted by atomic mass is 10.1. The molecule has 0 heterocycles. The number of anilines is 1. The Balaban J connectivity index is 2.22. The molecule has 1 N–H and O–H groups in total. The molecule has 1 aliphatic carbocycles. The first-order valence-corrected chi connectivity index (χ1v) is 6.30. The molecule has 4 heteroatoms. The fourth-order valence-corrected chi connectivity index (χ4v) is 2.17. The van der Waals surface area contributed by atoms with Crippen molar-refractivity contribution in [1.82, 2.24) is 0 Å². The molecule has 2 rings (SSSR count). The van der Waals surface area contributed by atoms with Crippen molar-refractivity contribution < 1.29 is 13.9 Å². The SMILES string of the molecule is CCC(Nc1ccc(F)cc1C(=O)OC)C1CC1. The molecule has 0 aliphatic heterocycles. The molecule has 1 aliphatic rings. The van der Waals surface area contributed by atoms with Crippen molar-refractivity contribution in [2.75, 3.05) is 12.4 Å². The molecule has 1 atom stereocenters. The molecule has 0 radical (unpaired) electrons. The predicted molar refractivity (Wildman–Crippen MR) is 68.2 cm³/mol. The van der Waals surface area contributed by atoms with Gasteiger partial charge in [-0.3, -0.25) is 0 Å². The Morgan fingerprint density at radius 1 is 1.56 bits per heavy atom. The van der Waals surface area contributed by atoms with Crippen LogP contribution >= 0.6 is 0 Å². The summed E-state index contributed by atoms with van der Waals surface area (Å²) in [5.74, 6) is -0.270. The summed E-state index contributed by atoms with van der Waals surface area (Å²) in [5, 5.41) is 3.33. The molecule has 98 valence electrons. The zero-order valence-electron chi connectivity index (χ0n) is 10.7. The molecule has 3 nitrogen and oxygen atoms in total. The van der Waals surface area contributed by atoms with Crippen molar-refractivity contribution >= 4 is 11.7 Å². The molecule has 0 saturated heterocycles. The van der Waals surface area contributed by atoms with Crippen molar-refractivity contribution in [3.8, 4) is 0 Å². The van der Waals surface area contributed by atoms with Gasteiger partial charge in [0.05, 0.1) is 12.7 Å². The number of methoxy groups -OCH3 is 1. The first-order chi connectivity index (χ1) is 8.65. The number of rotatable bonds is 5. The minimum atomic E-state index is -0.511. The van der Waals surface area contributed by atoms with Gasteiger partial charge in [0.15, 0.2) is 0 Å². The summed E-state index contributed by atoms with van der Waals surface area (Å²) in [5.41, 5.74) is 0.915. The molecule has 1 unspecified atom stereocenters. The molecule has 1 aromatic rings. The molecule has 0 spiro atoms. The summed E-state index contributed by atoms with van der Waals surface area (Å²) < 4.78 is 17.9. The van der Waals surface area contributed by atoms with Crippen molar-refractivity contribution in [3.05, 3.63) is 29.6 Å². The number of carbonyl (C=O) groups is 1. The van der Waals surface area contributed by atoms with Crippen LogP contribution in [0.2, 0.25) is 0 Å². The zero-order valence-corrected chi connectivity index (χ0v) is 10.7. The topological polar surface area (TPSA) is 38.3 Å². The largest absolute Gasteiger partial charge is 0.465 e. The molecule has 0 aromatic heterocycles. The van der Waals surface area contributed by atoms with E-state index in [1.165, 1.54) is 32.1 Å². The lowest BCUT2D eigenvalue weighted by molar-refractivity contribution is 0.0601. The van der Waals surface area contributed by atoms with Gasteiger partial charge in [-0.2, -0.15) is 0 Å². The summed E-state index contributed by atoms with van der Waals surface area (Å²) in [4.78, 5) is 11.6. The van der Waals surface area contributed by atoms with E-state index in [1.54, 1.807) is 6.07 Å². The second-order valence-electron chi connectivity index (χ2n) is 4.68. The summed E-state index contributed by atoms with van der Waals surface area (Å²) in [6.07, 6.45) is 3.43. The Kier molecular flexibility index (Phi) is 3.84. The van der Waals surface area contributed by atoms with Crippen LogP contribution in [0, 0.1) is 11.7 Å². The summed E-state index contributed by atoms with van der Waals surface area (Å²) in [6.45, 7) is 2.11. The number of hydrogen-bond donors (Lipinski definition) is 1. The standard InChI is InChI=1S/C14H18FNO2/c1-3-12(9-4-5-9)16-13-7-6-10(15)8-11(13)14(17)18-2/h6-9,12,16H,3-5H2,1-2H3. The molecule has 1 saturated carbocycles. The van der Waals surface area contributed by atoms with Crippen LogP contribution in [-0.4, -0.2) is 19.1 Å². The van der Waals surface area contributed by atoms with Crippen LogP contribution in [-0.2, 0) is 4.74 Å². The second kappa shape index (κ2) is 5.38. The Hall–Kier alpha value is -1.58. The Morgan fingerprint density at radius 2 is 2.28 bits per heavy atom. The highest BCUT2D eigenvalue weighted by Crippen LogP contribution is 2.36. The minimum absolute atomic E-state index is 0.261. The highest BCUT2D eigenvalue weighted by molar-refractivity contribution is 5.95. The van der Waals surface area contributed by atoms with Gasteiger partial charge in [0.25, 0.3) is 0 Å². The van der Waals surface area contributed by atoms with Crippen molar-refractivity contribution in [3.63, 3.8) is 0 Å². The van der Waals surface area contributed by atoms with Gasteiger partial charge in [-0.25, -0.2) is 9.18 Å². The molecular weight excluding hydrogens is 233 g/mol. The van der Waals surface area contributed by atoms with Gasteiger partial charge in [0, 0.05) is 11.7 Å². The third kappa shape index (κ3) is 2.81. The van der Waals surface area contributed by atoms with E-state index < -0.39 is 11.8 Å². The number of esters is 1. The van der Waals surface area contributed by atoms with Crippen molar-refractivity contribution in [2.24, 2.45) is 5.92 Å². The summed E-state index contributed by atoms with van der Waals surface area (Å²) >= 11 is 0. The number of halogens is 1. The van der Waals surface area contributed by atoms with E-state index >= 15 is 0 Å². The van der Waals surface area contributed by atoms with Crippen LogP contribution in [0.25, 0.3) is 0 Å². The number of nitrogens with one attached hydrogen (secondary N) is 1. The highest BCUT2D eigenvalue weighted by atomic mass is 19.1.